The molecule has 6 heteroatoms. The number of ether oxygens (including phenoxy) is 2. The van der Waals surface area contributed by atoms with Crippen molar-refractivity contribution in [2.45, 2.75) is 18.8 Å². The van der Waals surface area contributed by atoms with E-state index in [-0.39, 0.29) is 23.0 Å². The first kappa shape index (κ1) is 15.6. The van der Waals surface area contributed by atoms with Gasteiger partial charge in [0, 0.05) is 16.1 Å². The first-order valence-electron chi connectivity index (χ1n) is 7.76. The van der Waals surface area contributed by atoms with Gasteiger partial charge < -0.3 is 14.4 Å². The van der Waals surface area contributed by atoms with Gasteiger partial charge in [0.25, 0.3) is 11.7 Å². The fourth-order valence-corrected chi connectivity index (χ4v) is 3.42. The summed E-state index contributed by atoms with van der Waals surface area (Å²) in [6.45, 7) is 0.901. The lowest BCUT2D eigenvalue weighted by Gasteiger charge is -2.32. The SMILES string of the molecule is O=C1N(Cc2c(F)cccc2Cl)c2ccccc2C12OCCCO2. The Morgan fingerprint density at radius 3 is 2.62 bits per heavy atom. The van der Waals surface area contributed by atoms with Crippen molar-refractivity contribution in [3.8, 4) is 0 Å². The Morgan fingerprint density at radius 1 is 1.12 bits per heavy atom. The Balaban J connectivity index is 1.78. The van der Waals surface area contributed by atoms with Crippen LogP contribution in [0.3, 0.4) is 0 Å². The first-order valence-corrected chi connectivity index (χ1v) is 8.13. The van der Waals surface area contributed by atoms with Crippen molar-refractivity contribution in [3.05, 3.63) is 64.4 Å². The van der Waals surface area contributed by atoms with E-state index in [9.17, 15) is 9.18 Å². The topological polar surface area (TPSA) is 38.8 Å². The lowest BCUT2D eigenvalue weighted by atomic mass is 10.1. The van der Waals surface area contributed by atoms with E-state index in [1.165, 1.54) is 17.0 Å². The van der Waals surface area contributed by atoms with E-state index < -0.39 is 11.6 Å². The van der Waals surface area contributed by atoms with Crippen LogP contribution in [0.5, 0.6) is 0 Å². The van der Waals surface area contributed by atoms with Gasteiger partial charge in [-0.2, -0.15) is 0 Å². The van der Waals surface area contributed by atoms with Crippen LogP contribution in [0.4, 0.5) is 10.1 Å². The first-order chi connectivity index (χ1) is 11.6. The van der Waals surface area contributed by atoms with E-state index in [4.69, 9.17) is 21.1 Å². The van der Waals surface area contributed by atoms with Gasteiger partial charge in [-0.25, -0.2) is 4.39 Å². The minimum atomic E-state index is -1.42. The molecule has 0 aromatic heterocycles. The number of carbonyl (C=O) groups excluding carboxylic acids is 1. The van der Waals surface area contributed by atoms with E-state index in [1.807, 2.05) is 18.2 Å². The predicted octanol–water partition coefficient (Wildman–Crippen LogP) is 3.62. The summed E-state index contributed by atoms with van der Waals surface area (Å²) in [5, 5.41) is 0.284. The van der Waals surface area contributed by atoms with E-state index in [0.717, 1.165) is 6.42 Å². The smallest absolute Gasteiger partial charge is 0.292 e. The molecule has 1 spiro atoms. The zero-order valence-electron chi connectivity index (χ0n) is 12.8. The van der Waals surface area contributed by atoms with Crippen LogP contribution in [-0.2, 0) is 26.6 Å². The molecule has 0 aliphatic carbocycles. The number of fused-ring (bicyclic) bond motifs is 2. The van der Waals surface area contributed by atoms with E-state index in [0.29, 0.717) is 24.5 Å². The van der Waals surface area contributed by atoms with Gasteiger partial charge in [-0.1, -0.05) is 35.9 Å². The van der Waals surface area contributed by atoms with Crippen LogP contribution in [0.25, 0.3) is 0 Å². The lowest BCUT2D eigenvalue weighted by molar-refractivity contribution is -0.256. The van der Waals surface area contributed by atoms with Crippen LogP contribution in [0, 0.1) is 5.82 Å². The molecule has 124 valence electrons. The van der Waals surface area contributed by atoms with Crippen molar-refractivity contribution in [2.24, 2.45) is 0 Å². The fourth-order valence-electron chi connectivity index (χ4n) is 3.20. The summed E-state index contributed by atoms with van der Waals surface area (Å²) in [7, 11) is 0. The Kier molecular flexibility index (Phi) is 3.79. The molecule has 0 unspecified atom stereocenters. The summed E-state index contributed by atoms with van der Waals surface area (Å²) in [5.41, 5.74) is 1.58. The second kappa shape index (κ2) is 5.84. The average Bonchev–Trinajstić information content (AvgIpc) is 2.82. The van der Waals surface area contributed by atoms with Gasteiger partial charge in [0.05, 0.1) is 25.4 Å². The highest BCUT2D eigenvalue weighted by molar-refractivity contribution is 6.31. The van der Waals surface area contributed by atoms with Crippen molar-refractivity contribution in [2.75, 3.05) is 18.1 Å². The van der Waals surface area contributed by atoms with Gasteiger partial charge in [0.2, 0.25) is 0 Å². The number of carbonyl (C=O) groups is 1. The summed E-state index contributed by atoms with van der Waals surface area (Å²) < 4.78 is 25.7. The van der Waals surface area contributed by atoms with E-state index in [1.54, 1.807) is 12.1 Å². The molecule has 2 aromatic carbocycles. The van der Waals surface area contributed by atoms with Gasteiger partial charge >= 0.3 is 0 Å². The number of hydrogen-bond donors (Lipinski definition) is 0. The number of hydrogen-bond acceptors (Lipinski definition) is 3. The van der Waals surface area contributed by atoms with Crippen LogP contribution < -0.4 is 4.90 Å². The molecule has 2 heterocycles. The number of benzene rings is 2. The predicted molar refractivity (Wildman–Crippen MR) is 87.2 cm³/mol. The molecule has 1 saturated heterocycles. The number of amides is 1. The van der Waals surface area contributed by atoms with Gasteiger partial charge in [0.15, 0.2) is 0 Å². The Bertz CT molecular complexity index is 784. The van der Waals surface area contributed by atoms with Crippen LogP contribution in [0.1, 0.15) is 17.5 Å². The molecule has 24 heavy (non-hydrogen) atoms. The lowest BCUT2D eigenvalue weighted by Crippen LogP contribution is -2.47. The highest BCUT2D eigenvalue weighted by Crippen LogP contribution is 2.45. The average molecular weight is 348 g/mol. The Labute approximate surface area is 143 Å². The molecule has 2 aromatic rings. The molecule has 0 atom stereocenters. The van der Waals surface area contributed by atoms with Crippen LogP contribution in [0.15, 0.2) is 42.5 Å². The minimum Gasteiger partial charge on any atom is -0.338 e. The maximum absolute atomic E-state index is 14.2. The van der Waals surface area contributed by atoms with Gasteiger partial charge in [-0.3, -0.25) is 4.79 Å². The second-order valence-corrected chi connectivity index (χ2v) is 6.18. The van der Waals surface area contributed by atoms with Crippen molar-refractivity contribution in [3.63, 3.8) is 0 Å². The fraction of sp³-hybridized carbons (Fsp3) is 0.278. The third-order valence-electron chi connectivity index (χ3n) is 4.35. The molecule has 4 nitrogen and oxygen atoms in total. The highest BCUT2D eigenvalue weighted by atomic mass is 35.5. The minimum absolute atomic E-state index is 0.0236. The number of para-hydroxylation sites is 1. The second-order valence-electron chi connectivity index (χ2n) is 5.78. The number of anilines is 1. The molecule has 0 saturated carbocycles. The zero-order chi connectivity index (χ0) is 16.7. The van der Waals surface area contributed by atoms with Crippen LogP contribution in [0.2, 0.25) is 5.02 Å². The maximum Gasteiger partial charge on any atom is 0.292 e. The summed E-state index contributed by atoms with van der Waals surface area (Å²) in [5.74, 6) is -2.21. The number of rotatable bonds is 2. The van der Waals surface area contributed by atoms with Gasteiger partial charge in [0.1, 0.15) is 5.82 Å². The summed E-state index contributed by atoms with van der Waals surface area (Å²) in [4.78, 5) is 14.6. The maximum atomic E-state index is 14.2. The quantitative estimate of drug-likeness (QED) is 0.833. The Hall–Kier alpha value is -1.95. The number of nitrogens with zero attached hydrogens (tertiary/aromatic N) is 1. The van der Waals surface area contributed by atoms with E-state index >= 15 is 0 Å². The Morgan fingerprint density at radius 2 is 1.88 bits per heavy atom. The molecule has 0 radical (unpaired) electrons. The molecule has 1 amide bonds. The van der Waals surface area contributed by atoms with Crippen molar-refractivity contribution in [1.29, 1.82) is 0 Å². The normalized spacial score (nSPS) is 18.9. The molecule has 2 aliphatic rings. The van der Waals surface area contributed by atoms with Crippen LogP contribution in [-0.4, -0.2) is 19.1 Å². The summed E-state index contributed by atoms with van der Waals surface area (Å²) >= 11 is 6.12. The monoisotopic (exact) mass is 347 g/mol. The summed E-state index contributed by atoms with van der Waals surface area (Å²) in [6.07, 6.45) is 0.732. The molecular weight excluding hydrogens is 333 g/mol. The third kappa shape index (κ3) is 2.24. The van der Waals surface area contributed by atoms with Crippen molar-refractivity contribution < 1.29 is 18.7 Å². The molecule has 0 N–H and O–H groups in total. The van der Waals surface area contributed by atoms with Crippen LogP contribution >= 0.6 is 11.6 Å². The molecule has 4 rings (SSSR count). The summed E-state index contributed by atoms with van der Waals surface area (Å²) in [6, 6.07) is 11.7. The molecule has 0 bridgehead atoms. The van der Waals surface area contributed by atoms with Gasteiger partial charge in [-0.05, 0) is 24.6 Å². The third-order valence-corrected chi connectivity index (χ3v) is 4.71. The molecule has 1 fully saturated rings. The highest BCUT2D eigenvalue weighted by Gasteiger charge is 2.54. The molecule has 2 aliphatic heterocycles. The number of halogens is 2. The van der Waals surface area contributed by atoms with Crippen molar-refractivity contribution in [1.82, 2.24) is 0 Å². The molecular formula is C18H15ClFNO3. The van der Waals surface area contributed by atoms with E-state index in [2.05, 4.69) is 0 Å². The van der Waals surface area contributed by atoms with Crippen molar-refractivity contribution >= 4 is 23.2 Å². The largest absolute Gasteiger partial charge is 0.338 e. The zero-order valence-corrected chi connectivity index (χ0v) is 13.6. The van der Waals surface area contributed by atoms with Gasteiger partial charge in [-0.15, -0.1) is 0 Å². The standard InChI is InChI=1S/C18H15ClFNO3/c19-14-6-3-7-15(20)12(14)11-21-16-8-2-1-5-13(16)18(17(21)22)23-9-4-10-24-18/h1-3,5-8H,4,9-11H2.